The van der Waals surface area contributed by atoms with Crippen molar-refractivity contribution in [2.75, 3.05) is 19.5 Å². The number of rotatable bonds is 7. The third-order valence-electron chi connectivity index (χ3n) is 4.51. The van der Waals surface area contributed by atoms with Gasteiger partial charge in [0.25, 0.3) is 11.2 Å². The second kappa shape index (κ2) is 8.36. The number of esters is 2. The first kappa shape index (κ1) is 25.0. The lowest BCUT2D eigenvalue weighted by Gasteiger charge is -2.47. The van der Waals surface area contributed by atoms with E-state index in [0.29, 0.717) is 33.3 Å². The van der Waals surface area contributed by atoms with Crippen LogP contribution < -0.4 is 5.32 Å². The highest BCUT2D eigenvalue weighted by Crippen LogP contribution is 2.58. The molecule has 0 unspecified atom stereocenters. The Morgan fingerprint density at radius 2 is 1.43 bits per heavy atom. The molecule has 0 aliphatic carbocycles. The maximum atomic E-state index is 14.2. The Kier molecular flexibility index (Phi) is 6.96. The molecule has 30 heavy (non-hydrogen) atoms. The van der Waals surface area contributed by atoms with Crippen molar-refractivity contribution in [1.29, 1.82) is 0 Å². The van der Waals surface area contributed by atoms with Crippen LogP contribution in [-0.2, 0) is 19.1 Å². The molecule has 1 aromatic carbocycles. The molecule has 1 aromatic rings. The summed E-state index contributed by atoms with van der Waals surface area (Å²) in [4.78, 5) is 34.5. The first-order valence-corrected chi connectivity index (χ1v) is 7.99. The summed E-state index contributed by atoms with van der Waals surface area (Å²) in [5.41, 5.74) is -11.8. The van der Waals surface area contributed by atoms with Gasteiger partial charge in [-0.05, 0) is 12.5 Å². The highest BCUT2D eigenvalue weighted by Gasteiger charge is 2.85. The number of methoxy groups -OCH3 is 2. The smallest absolute Gasteiger partial charge is 0.422 e. The van der Waals surface area contributed by atoms with Gasteiger partial charge in [-0.3, -0.25) is 19.7 Å². The normalized spacial score (nSPS) is 12.8. The van der Waals surface area contributed by atoms with Crippen molar-refractivity contribution >= 4 is 23.3 Å². The first-order chi connectivity index (χ1) is 13.7. The van der Waals surface area contributed by atoms with E-state index in [-0.39, 0.29) is 0 Å². The minimum Gasteiger partial charge on any atom is -0.468 e. The second-order valence-corrected chi connectivity index (χ2v) is 5.89. The first-order valence-electron chi connectivity index (χ1n) is 7.99. The minimum atomic E-state index is -6.38. The Morgan fingerprint density at radius 1 is 1.00 bits per heavy atom. The molecule has 0 atom stereocenters. The SMILES string of the molecule is CCC(C(=O)OC)(C(=O)OC)C(Nc1ccccc1[N+](=O)[O-])(C(F)(F)F)C(F)(F)F. The monoisotopic (exact) mass is 446 g/mol. The van der Waals surface area contributed by atoms with Gasteiger partial charge < -0.3 is 14.8 Å². The molecule has 0 amide bonds. The van der Waals surface area contributed by atoms with Crippen molar-refractivity contribution in [3.8, 4) is 0 Å². The predicted octanol–water partition coefficient (Wildman–Crippen LogP) is 3.61. The van der Waals surface area contributed by atoms with E-state index >= 15 is 0 Å². The molecule has 0 bridgehead atoms. The number of hydrogen-bond acceptors (Lipinski definition) is 7. The van der Waals surface area contributed by atoms with Crippen LogP contribution in [0.5, 0.6) is 0 Å². The standard InChI is InChI=1S/C16H16F6N2O6/c1-4-13(11(25)29-2,12(26)30-3)14(15(17,18)19,16(20,21)22)23-9-7-5-6-8-10(9)24(27)28/h5-8,23H,4H2,1-3H3. The summed E-state index contributed by atoms with van der Waals surface area (Å²) >= 11 is 0. The number of nitrogens with one attached hydrogen (secondary N) is 1. The van der Waals surface area contributed by atoms with Gasteiger partial charge in [-0.1, -0.05) is 19.1 Å². The average Bonchev–Trinajstić information content (AvgIpc) is 2.65. The summed E-state index contributed by atoms with van der Waals surface area (Å²) in [5.74, 6) is -4.39. The lowest BCUT2D eigenvalue weighted by Crippen LogP contribution is -2.76. The lowest BCUT2D eigenvalue weighted by molar-refractivity contribution is -0.384. The predicted molar refractivity (Wildman–Crippen MR) is 88.3 cm³/mol. The van der Waals surface area contributed by atoms with E-state index in [2.05, 4.69) is 9.47 Å². The fourth-order valence-electron chi connectivity index (χ4n) is 3.13. The van der Waals surface area contributed by atoms with Crippen LogP contribution >= 0.6 is 0 Å². The van der Waals surface area contributed by atoms with Crippen LogP contribution in [-0.4, -0.2) is 49.0 Å². The molecule has 0 heterocycles. The molecule has 0 spiro atoms. The van der Waals surface area contributed by atoms with E-state index in [4.69, 9.17) is 0 Å². The molecule has 1 rings (SSSR count). The Labute approximate surface area is 165 Å². The van der Waals surface area contributed by atoms with Crippen molar-refractivity contribution in [2.24, 2.45) is 5.41 Å². The van der Waals surface area contributed by atoms with Crippen LogP contribution in [0.2, 0.25) is 0 Å². The highest BCUT2D eigenvalue weighted by atomic mass is 19.4. The molecule has 14 heteroatoms. The van der Waals surface area contributed by atoms with Gasteiger partial charge in [-0.2, -0.15) is 26.3 Å². The van der Waals surface area contributed by atoms with E-state index in [1.165, 1.54) is 0 Å². The van der Waals surface area contributed by atoms with E-state index in [9.17, 15) is 46.0 Å². The maximum absolute atomic E-state index is 14.2. The number of benzene rings is 1. The van der Waals surface area contributed by atoms with Crippen molar-refractivity contribution in [1.82, 2.24) is 0 Å². The van der Waals surface area contributed by atoms with Gasteiger partial charge in [0.1, 0.15) is 5.69 Å². The molecule has 0 radical (unpaired) electrons. The van der Waals surface area contributed by atoms with Gasteiger partial charge in [0.2, 0.25) is 5.41 Å². The maximum Gasteiger partial charge on any atom is 0.422 e. The van der Waals surface area contributed by atoms with Gasteiger partial charge in [-0.25, -0.2) is 0 Å². The fraction of sp³-hybridized carbons (Fsp3) is 0.500. The molecule has 0 fully saturated rings. The molecule has 8 nitrogen and oxygen atoms in total. The average molecular weight is 446 g/mol. The number of carbonyl (C=O) groups excluding carboxylic acids is 2. The van der Waals surface area contributed by atoms with Crippen LogP contribution in [0.15, 0.2) is 24.3 Å². The van der Waals surface area contributed by atoms with Crippen LogP contribution in [0, 0.1) is 15.5 Å². The second-order valence-electron chi connectivity index (χ2n) is 5.89. The summed E-state index contributed by atoms with van der Waals surface area (Å²) in [6.45, 7) is 0.709. The van der Waals surface area contributed by atoms with Crippen LogP contribution in [0.25, 0.3) is 0 Å². The Morgan fingerprint density at radius 3 is 1.77 bits per heavy atom. The van der Waals surface area contributed by atoms with Crippen molar-refractivity contribution in [3.05, 3.63) is 34.4 Å². The number of ether oxygens (including phenoxy) is 2. The molecule has 0 aliphatic rings. The van der Waals surface area contributed by atoms with Gasteiger partial charge in [0.05, 0.1) is 19.1 Å². The van der Waals surface area contributed by atoms with Gasteiger partial charge in [0, 0.05) is 6.07 Å². The van der Waals surface area contributed by atoms with Gasteiger partial charge >= 0.3 is 24.3 Å². The van der Waals surface area contributed by atoms with Crippen LogP contribution in [0.1, 0.15) is 13.3 Å². The number of carbonyl (C=O) groups is 2. The number of hydrogen-bond donors (Lipinski definition) is 1. The summed E-state index contributed by atoms with van der Waals surface area (Å²) in [6.07, 6.45) is -14.1. The molecule has 0 aromatic heterocycles. The lowest BCUT2D eigenvalue weighted by atomic mass is 9.65. The number of nitro benzene ring substituents is 1. The molecule has 168 valence electrons. The quantitative estimate of drug-likeness (QED) is 0.224. The van der Waals surface area contributed by atoms with Gasteiger partial charge in [0.15, 0.2) is 0 Å². The molecular formula is C16H16F6N2O6. The number of halogens is 6. The Balaban J connectivity index is 4.17. The third kappa shape index (κ3) is 3.61. The van der Waals surface area contributed by atoms with E-state index < -0.39 is 58.0 Å². The molecular weight excluding hydrogens is 430 g/mol. The van der Waals surface area contributed by atoms with E-state index in [0.717, 1.165) is 17.4 Å². The number of para-hydroxylation sites is 2. The van der Waals surface area contributed by atoms with Crippen molar-refractivity contribution < 1.29 is 50.3 Å². The van der Waals surface area contributed by atoms with Crippen LogP contribution in [0.3, 0.4) is 0 Å². The Hall–Kier alpha value is -3.06. The van der Waals surface area contributed by atoms with E-state index in [1.807, 2.05) is 0 Å². The third-order valence-corrected chi connectivity index (χ3v) is 4.51. The number of nitrogens with zero attached hydrogens (tertiary/aromatic N) is 1. The van der Waals surface area contributed by atoms with Gasteiger partial charge in [-0.15, -0.1) is 0 Å². The molecule has 1 N–H and O–H groups in total. The van der Waals surface area contributed by atoms with Crippen molar-refractivity contribution in [2.45, 2.75) is 31.2 Å². The summed E-state index contributed by atoms with van der Waals surface area (Å²) in [7, 11) is 0.969. The molecule has 0 aliphatic heterocycles. The zero-order chi connectivity index (χ0) is 23.5. The largest absolute Gasteiger partial charge is 0.468 e. The fourth-order valence-corrected chi connectivity index (χ4v) is 3.13. The number of alkyl halides is 6. The number of anilines is 1. The Bertz CT molecular complexity index is 793. The summed E-state index contributed by atoms with van der Waals surface area (Å²) in [6, 6.07) is 3.14. The van der Waals surface area contributed by atoms with Crippen molar-refractivity contribution in [3.63, 3.8) is 0 Å². The molecule has 0 saturated heterocycles. The summed E-state index contributed by atoms with van der Waals surface area (Å²) < 4.78 is 93.4. The highest BCUT2D eigenvalue weighted by molar-refractivity contribution is 6.03. The zero-order valence-electron chi connectivity index (χ0n) is 15.7. The zero-order valence-corrected chi connectivity index (χ0v) is 15.7. The van der Waals surface area contributed by atoms with E-state index in [1.54, 1.807) is 0 Å². The molecule has 0 saturated carbocycles. The minimum absolute atomic E-state index is 0.484. The summed E-state index contributed by atoms with van der Waals surface area (Å²) in [5, 5.41) is 12.2. The van der Waals surface area contributed by atoms with Crippen LogP contribution in [0.4, 0.5) is 37.7 Å². The number of nitro groups is 1. The topological polar surface area (TPSA) is 108 Å².